The summed E-state index contributed by atoms with van der Waals surface area (Å²) in [4.78, 5) is 35.0. The van der Waals surface area contributed by atoms with Crippen LogP contribution >= 0.6 is 0 Å². The van der Waals surface area contributed by atoms with Gasteiger partial charge in [0, 0.05) is 5.69 Å². The van der Waals surface area contributed by atoms with E-state index in [2.05, 4.69) is 25.9 Å². The van der Waals surface area contributed by atoms with Gasteiger partial charge in [0.05, 0.1) is 26.0 Å². The van der Waals surface area contributed by atoms with Crippen LogP contribution in [0.3, 0.4) is 0 Å². The number of esters is 2. The third kappa shape index (κ3) is 7.44. The predicted octanol–water partition coefficient (Wildman–Crippen LogP) is 0.878. The van der Waals surface area contributed by atoms with E-state index in [0.29, 0.717) is 5.69 Å². The Balaban J connectivity index is 2.64. The van der Waals surface area contributed by atoms with Gasteiger partial charge in [-0.25, -0.2) is 15.0 Å². The third-order valence-electron chi connectivity index (χ3n) is 2.98. The van der Waals surface area contributed by atoms with Crippen LogP contribution in [0.1, 0.15) is 13.8 Å². The molecule has 0 bridgehead atoms. The number of methoxy groups -OCH3 is 1. The number of carbonyl (C=O) groups excluding carboxylic acids is 3. The highest BCUT2D eigenvalue weighted by atomic mass is 16.5. The van der Waals surface area contributed by atoms with E-state index in [0.717, 1.165) is 0 Å². The molecule has 1 unspecified atom stereocenters. The Kier molecular flexibility index (Phi) is 8.66. The van der Waals surface area contributed by atoms with Crippen LogP contribution in [-0.4, -0.2) is 50.0 Å². The molecule has 3 N–H and O–H groups in total. The van der Waals surface area contributed by atoms with Gasteiger partial charge >= 0.3 is 18.0 Å². The molecule has 0 spiro atoms. The van der Waals surface area contributed by atoms with Gasteiger partial charge in [-0.15, -0.1) is 0 Å². The van der Waals surface area contributed by atoms with Gasteiger partial charge in [0.2, 0.25) is 0 Å². The number of para-hydroxylation sites is 1. The van der Waals surface area contributed by atoms with Crippen LogP contribution in [0, 0.1) is 0 Å². The first-order valence-corrected chi connectivity index (χ1v) is 7.61. The first-order chi connectivity index (χ1) is 12.0. The average molecular weight is 350 g/mol. The molecule has 1 aromatic rings. The van der Waals surface area contributed by atoms with Gasteiger partial charge in [-0.2, -0.15) is 5.10 Å². The van der Waals surface area contributed by atoms with Crippen LogP contribution in [-0.2, 0) is 19.1 Å². The fourth-order valence-corrected chi connectivity index (χ4v) is 1.80. The molecule has 2 amide bonds. The van der Waals surface area contributed by atoms with E-state index in [1.807, 2.05) is 6.07 Å². The first kappa shape index (κ1) is 20.1. The zero-order chi connectivity index (χ0) is 18.7. The molecule has 136 valence electrons. The third-order valence-corrected chi connectivity index (χ3v) is 2.98. The largest absolute Gasteiger partial charge is 0.468 e. The number of hydrogen-bond donors (Lipinski definition) is 3. The zero-order valence-electron chi connectivity index (χ0n) is 14.4. The van der Waals surface area contributed by atoms with Gasteiger partial charge in [0.25, 0.3) is 0 Å². The second-order valence-corrected chi connectivity index (χ2v) is 4.83. The van der Waals surface area contributed by atoms with E-state index in [1.165, 1.54) is 14.0 Å². The lowest BCUT2D eigenvalue weighted by Crippen LogP contribution is -2.46. The maximum atomic E-state index is 11.8. The highest BCUT2D eigenvalue weighted by molar-refractivity contribution is 6.05. The van der Waals surface area contributed by atoms with Crippen molar-refractivity contribution in [2.24, 2.45) is 5.10 Å². The molecular formula is C16H22N4O5. The van der Waals surface area contributed by atoms with Crippen molar-refractivity contribution < 1.29 is 23.9 Å². The first-order valence-electron chi connectivity index (χ1n) is 7.61. The molecule has 0 heterocycles. The number of carbonyl (C=O) groups is 3. The monoisotopic (exact) mass is 350 g/mol. The predicted molar refractivity (Wildman–Crippen MR) is 92.1 cm³/mol. The van der Waals surface area contributed by atoms with Gasteiger partial charge < -0.3 is 14.8 Å². The second-order valence-electron chi connectivity index (χ2n) is 4.83. The number of urea groups is 1. The quantitative estimate of drug-likeness (QED) is 0.364. The van der Waals surface area contributed by atoms with Gasteiger partial charge in [-0.3, -0.25) is 10.1 Å². The fourth-order valence-electron chi connectivity index (χ4n) is 1.80. The Hall–Kier alpha value is -2.94. The Bertz CT molecular complexity index is 618. The Morgan fingerprint density at radius 1 is 1.20 bits per heavy atom. The van der Waals surface area contributed by atoms with Gasteiger partial charge in [-0.05, 0) is 26.0 Å². The lowest BCUT2D eigenvalue weighted by Gasteiger charge is -2.15. The summed E-state index contributed by atoms with van der Waals surface area (Å²) in [6, 6.07) is 7.24. The van der Waals surface area contributed by atoms with Crippen molar-refractivity contribution in [3.8, 4) is 0 Å². The lowest BCUT2D eigenvalue weighted by atomic mass is 10.2. The van der Waals surface area contributed by atoms with Crippen LogP contribution in [0.5, 0.6) is 0 Å². The minimum absolute atomic E-state index is 0.198. The summed E-state index contributed by atoms with van der Waals surface area (Å²) in [7, 11) is 1.21. The molecule has 9 heteroatoms. The second kappa shape index (κ2) is 10.8. The Morgan fingerprint density at radius 2 is 1.88 bits per heavy atom. The van der Waals surface area contributed by atoms with Crippen molar-refractivity contribution in [2.45, 2.75) is 19.9 Å². The van der Waals surface area contributed by atoms with E-state index in [4.69, 9.17) is 4.74 Å². The highest BCUT2D eigenvalue weighted by Crippen LogP contribution is 2.04. The molecule has 1 atom stereocenters. The molecule has 25 heavy (non-hydrogen) atoms. The fraction of sp³-hybridized carbons (Fsp3) is 0.375. The summed E-state index contributed by atoms with van der Waals surface area (Å²) < 4.78 is 9.44. The summed E-state index contributed by atoms with van der Waals surface area (Å²) >= 11 is 0. The molecule has 0 aliphatic carbocycles. The molecule has 1 rings (SSSR count). The molecule has 0 radical (unpaired) electrons. The summed E-state index contributed by atoms with van der Waals surface area (Å²) in [5, 5.41) is 9.11. The average Bonchev–Trinajstić information content (AvgIpc) is 2.61. The van der Waals surface area contributed by atoms with E-state index < -0.39 is 24.0 Å². The maximum absolute atomic E-state index is 11.8. The number of amides is 2. The molecule has 0 fully saturated rings. The van der Waals surface area contributed by atoms with E-state index in [-0.39, 0.29) is 18.9 Å². The maximum Gasteiger partial charge on any atom is 0.339 e. The van der Waals surface area contributed by atoms with Crippen LogP contribution < -0.4 is 16.1 Å². The summed E-state index contributed by atoms with van der Waals surface area (Å²) in [5.74, 6) is -1.16. The molecule has 0 aliphatic rings. The number of nitrogens with zero attached hydrogens (tertiary/aromatic N) is 1. The van der Waals surface area contributed by atoms with Crippen LogP contribution in [0.15, 0.2) is 35.4 Å². The van der Waals surface area contributed by atoms with Crippen LogP contribution in [0.4, 0.5) is 10.5 Å². The summed E-state index contributed by atoms with van der Waals surface area (Å²) in [6.07, 6.45) is 0. The number of ether oxygens (including phenoxy) is 2. The number of benzene rings is 1. The molecule has 0 saturated carbocycles. The van der Waals surface area contributed by atoms with E-state index in [9.17, 15) is 14.4 Å². The topological polar surface area (TPSA) is 118 Å². The zero-order valence-corrected chi connectivity index (χ0v) is 14.4. The molecule has 0 aliphatic heterocycles. The SMILES string of the molecule is CCOC(=O)CNC(C(=O)OC)/C(C)=N/NC(=O)Nc1ccccc1. The molecule has 1 aromatic carbocycles. The van der Waals surface area contributed by atoms with Gasteiger partial charge in [0.15, 0.2) is 0 Å². The molecule has 9 nitrogen and oxygen atoms in total. The Labute approximate surface area is 145 Å². The standard InChI is InChI=1S/C16H22N4O5/c1-4-25-13(21)10-17-14(15(22)24-3)11(2)19-20-16(23)18-12-8-6-5-7-9-12/h5-9,14,17H,4,10H2,1-3H3,(H2,18,20,23)/b19-11+. The van der Waals surface area contributed by atoms with Crippen LogP contribution in [0.2, 0.25) is 0 Å². The van der Waals surface area contributed by atoms with Crippen molar-refractivity contribution in [3.63, 3.8) is 0 Å². The summed E-state index contributed by atoms with van der Waals surface area (Å²) in [6.45, 7) is 3.23. The number of hydrazone groups is 1. The van der Waals surface area contributed by atoms with Gasteiger partial charge in [0.1, 0.15) is 6.04 Å². The minimum atomic E-state index is -0.994. The van der Waals surface area contributed by atoms with Crippen molar-refractivity contribution in [3.05, 3.63) is 30.3 Å². The minimum Gasteiger partial charge on any atom is -0.468 e. The number of nitrogens with one attached hydrogen (secondary N) is 3. The number of rotatable bonds is 8. The van der Waals surface area contributed by atoms with Crippen molar-refractivity contribution in [1.82, 2.24) is 10.7 Å². The van der Waals surface area contributed by atoms with Crippen molar-refractivity contribution in [2.75, 3.05) is 25.6 Å². The molecular weight excluding hydrogens is 328 g/mol. The smallest absolute Gasteiger partial charge is 0.339 e. The van der Waals surface area contributed by atoms with E-state index >= 15 is 0 Å². The number of hydrogen-bond acceptors (Lipinski definition) is 7. The van der Waals surface area contributed by atoms with Crippen molar-refractivity contribution in [1.29, 1.82) is 0 Å². The molecule has 0 aromatic heterocycles. The lowest BCUT2D eigenvalue weighted by molar-refractivity contribution is -0.143. The highest BCUT2D eigenvalue weighted by Gasteiger charge is 2.23. The van der Waals surface area contributed by atoms with Gasteiger partial charge in [-0.1, -0.05) is 18.2 Å². The van der Waals surface area contributed by atoms with Crippen LogP contribution in [0.25, 0.3) is 0 Å². The molecule has 0 saturated heterocycles. The normalized spacial score (nSPS) is 12.0. The van der Waals surface area contributed by atoms with Crippen molar-refractivity contribution >= 4 is 29.4 Å². The summed E-state index contributed by atoms with van der Waals surface area (Å²) in [5.41, 5.74) is 3.09. The Morgan fingerprint density at radius 3 is 2.48 bits per heavy atom. The van der Waals surface area contributed by atoms with E-state index in [1.54, 1.807) is 31.2 Å². The number of anilines is 1.